The molecule has 0 aromatic heterocycles. The summed E-state index contributed by atoms with van der Waals surface area (Å²) >= 11 is 0. The van der Waals surface area contributed by atoms with Gasteiger partial charge in [-0.15, -0.1) is 0 Å². The summed E-state index contributed by atoms with van der Waals surface area (Å²) in [5.41, 5.74) is 14.6. The summed E-state index contributed by atoms with van der Waals surface area (Å²) < 4.78 is 0. The van der Waals surface area contributed by atoms with Gasteiger partial charge in [-0.2, -0.15) is 12.1 Å². The molecule has 0 unspecified atom stereocenters. The van der Waals surface area contributed by atoms with Crippen molar-refractivity contribution in [1.82, 2.24) is 0 Å². The number of hydrogen-bond donors (Lipinski definition) is 0. The van der Waals surface area contributed by atoms with E-state index in [9.17, 15) is 19.8 Å². The second-order valence-corrected chi connectivity index (χ2v) is 3.42. The number of hydrogen-bond acceptors (Lipinski definition) is 4. The molecule has 1 fully saturated rings. The Kier molecular flexibility index (Phi) is 10.9. The van der Waals surface area contributed by atoms with E-state index in [1.54, 1.807) is 0 Å². The zero-order valence-electron chi connectivity index (χ0n) is 8.64. The molecule has 0 amide bonds. The fourth-order valence-electron chi connectivity index (χ4n) is 1.25. The Labute approximate surface area is 109 Å². The maximum Gasteiger partial charge on any atom is 4.00 e. The zero-order valence-corrected chi connectivity index (χ0v) is 10.9. The molecule has 0 saturated heterocycles. The third kappa shape index (κ3) is 10.1. The molecule has 0 bridgehead atoms. The molecule has 6 nitrogen and oxygen atoms in total. The molecule has 1 aliphatic carbocycles. The van der Waals surface area contributed by atoms with Crippen LogP contribution in [-0.4, -0.2) is 24.0 Å². The van der Waals surface area contributed by atoms with E-state index in [1.807, 2.05) is 0 Å². The van der Waals surface area contributed by atoms with Gasteiger partial charge in [0, 0.05) is 18.4 Å². The summed E-state index contributed by atoms with van der Waals surface area (Å²) in [6.07, 6.45) is 3.22. The first-order chi connectivity index (χ1) is 6.93. The summed E-state index contributed by atoms with van der Waals surface area (Å²) in [6.45, 7) is 0. The zero-order chi connectivity index (χ0) is 11.8. The van der Waals surface area contributed by atoms with Crippen molar-refractivity contribution in [2.24, 2.45) is 0 Å². The summed E-state index contributed by atoms with van der Waals surface area (Å²) in [7, 11) is 0. The Morgan fingerprint density at radius 3 is 1.44 bits per heavy atom. The van der Waals surface area contributed by atoms with Crippen molar-refractivity contribution in [3.63, 3.8) is 0 Å². The second kappa shape index (κ2) is 9.75. The molecule has 0 spiro atoms. The van der Waals surface area contributed by atoms with Crippen LogP contribution in [0, 0.1) is 0 Å². The summed E-state index contributed by atoms with van der Waals surface area (Å²) in [6, 6.07) is -0.160. The molecule has 2 atom stereocenters. The van der Waals surface area contributed by atoms with Crippen molar-refractivity contribution in [3.8, 4) is 0 Å². The summed E-state index contributed by atoms with van der Waals surface area (Å²) in [4.78, 5) is 18.6. The number of rotatable bonds is 2. The minimum Gasteiger partial charge on any atom is -0.676 e. The molecule has 0 aromatic rings. The van der Waals surface area contributed by atoms with Crippen LogP contribution in [-0.2, 0) is 30.7 Å². The predicted octanol–water partition coefficient (Wildman–Crippen LogP) is -0.724. The standard InChI is InChI=1S/C6H12N2.C3H4O4.Pt/c7-5-3-1-2-4-6(5)8;4-2(5)1-3(6)7;/h5-8H,1-4H2;1H2,(H,4,5)(H,6,7);/q-2;;+4/p-2/t5-,6-;;/m1../s1. The Hall–Kier alpha value is -0.452. The number of carboxylic acids is 2. The molecule has 16 heavy (non-hydrogen) atoms. The van der Waals surface area contributed by atoms with E-state index in [2.05, 4.69) is 0 Å². The van der Waals surface area contributed by atoms with Crippen LogP contribution >= 0.6 is 0 Å². The fourth-order valence-corrected chi connectivity index (χ4v) is 1.25. The topological polar surface area (TPSA) is 128 Å². The average molecular weight is 409 g/mol. The van der Waals surface area contributed by atoms with Gasteiger partial charge < -0.3 is 31.3 Å². The van der Waals surface area contributed by atoms with Crippen LogP contribution in [0.1, 0.15) is 32.1 Å². The quantitative estimate of drug-likeness (QED) is 0.557. The molecule has 1 saturated carbocycles. The van der Waals surface area contributed by atoms with Gasteiger partial charge in [0.2, 0.25) is 0 Å². The van der Waals surface area contributed by atoms with Crippen LogP contribution in [0.5, 0.6) is 0 Å². The molecular formula is C9H14N2O4Pt. The molecule has 1 aliphatic rings. The van der Waals surface area contributed by atoms with Gasteiger partial charge in [0.05, 0.1) is 0 Å². The Morgan fingerprint density at radius 2 is 1.31 bits per heavy atom. The summed E-state index contributed by atoms with van der Waals surface area (Å²) in [5, 5.41) is 18.6. The predicted molar refractivity (Wildman–Crippen MR) is 49.3 cm³/mol. The van der Waals surface area contributed by atoms with Crippen molar-refractivity contribution < 1.29 is 40.9 Å². The van der Waals surface area contributed by atoms with Gasteiger partial charge in [0.25, 0.3) is 0 Å². The SMILES string of the molecule is O=C([O-])CC(=O)[O-].[NH-][C@@H]1CCCC[C@H]1[NH-].[Pt+4]. The number of nitrogens with one attached hydrogen (secondary N) is 2. The molecule has 2 N–H and O–H groups in total. The molecule has 7 heteroatoms. The molecule has 0 aliphatic heterocycles. The number of carboxylic acid groups (broad SMARTS) is 2. The van der Waals surface area contributed by atoms with Crippen LogP contribution < -0.4 is 10.2 Å². The second-order valence-electron chi connectivity index (χ2n) is 3.42. The Morgan fingerprint density at radius 1 is 1.00 bits per heavy atom. The Balaban J connectivity index is 0. The fraction of sp³-hybridized carbons (Fsp3) is 0.778. The van der Waals surface area contributed by atoms with E-state index >= 15 is 0 Å². The van der Waals surface area contributed by atoms with E-state index in [4.69, 9.17) is 11.5 Å². The molecule has 0 heterocycles. The molecular weight excluding hydrogens is 395 g/mol. The van der Waals surface area contributed by atoms with E-state index in [0.717, 1.165) is 12.8 Å². The maximum absolute atomic E-state index is 9.28. The van der Waals surface area contributed by atoms with Crippen molar-refractivity contribution >= 4 is 11.9 Å². The summed E-state index contributed by atoms with van der Waals surface area (Å²) in [5.74, 6) is -3.25. The first-order valence-electron chi connectivity index (χ1n) is 4.75. The third-order valence-electron chi connectivity index (χ3n) is 2.05. The number of carbonyl (C=O) groups is 2. The number of carbonyl (C=O) groups excluding carboxylic acids is 2. The van der Waals surface area contributed by atoms with Crippen LogP contribution in [0.3, 0.4) is 0 Å². The van der Waals surface area contributed by atoms with Crippen LogP contribution in [0.2, 0.25) is 0 Å². The van der Waals surface area contributed by atoms with Crippen LogP contribution in [0.25, 0.3) is 11.5 Å². The van der Waals surface area contributed by atoms with E-state index in [0.29, 0.717) is 0 Å². The van der Waals surface area contributed by atoms with Gasteiger partial charge in [-0.25, -0.2) is 0 Å². The smallest absolute Gasteiger partial charge is 0.676 e. The minimum absolute atomic E-state index is 0. The maximum atomic E-state index is 9.28. The monoisotopic (exact) mass is 409 g/mol. The molecule has 1 rings (SSSR count). The van der Waals surface area contributed by atoms with E-state index in [1.165, 1.54) is 12.8 Å². The third-order valence-corrected chi connectivity index (χ3v) is 2.05. The number of aliphatic carboxylic acids is 2. The van der Waals surface area contributed by atoms with Crippen LogP contribution in [0.15, 0.2) is 0 Å². The molecule has 94 valence electrons. The van der Waals surface area contributed by atoms with Crippen molar-refractivity contribution in [2.75, 3.05) is 0 Å². The Bertz CT molecular complexity index is 204. The first-order valence-corrected chi connectivity index (χ1v) is 4.75. The van der Waals surface area contributed by atoms with Crippen molar-refractivity contribution in [2.45, 2.75) is 44.2 Å². The van der Waals surface area contributed by atoms with Gasteiger partial charge in [-0.3, -0.25) is 0 Å². The van der Waals surface area contributed by atoms with Gasteiger partial charge in [0.1, 0.15) is 0 Å². The van der Waals surface area contributed by atoms with Gasteiger partial charge in [-0.05, 0) is 0 Å². The normalized spacial score (nSPS) is 23.4. The van der Waals surface area contributed by atoms with Gasteiger partial charge in [0.15, 0.2) is 0 Å². The van der Waals surface area contributed by atoms with Gasteiger partial charge in [-0.1, -0.05) is 25.7 Å². The minimum atomic E-state index is -1.63. The van der Waals surface area contributed by atoms with Gasteiger partial charge >= 0.3 is 21.1 Å². The van der Waals surface area contributed by atoms with Crippen LogP contribution in [0.4, 0.5) is 0 Å². The average Bonchev–Trinajstić information content (AvgIpc) is 2.08. The van der Waals surface area contributed by atoms with Crippen molar-refractivity contribution in [3.05, 3.63) is 11.5 Å². The largest absolute Gasteiger partial charge is 4.00 e. The van der Waals surface area contributed by atoms with E-state index in [-0.39, 0.29) is 33.1 Å². The first kappa shape index (κ1) is 17.9. The van der Waals surface area contributed by atoms with E-state index < -0.39 is 18.4 Å². The van der Waals surface area contributed by atoms with Crippen molar-refractivity contribution in [1.29, 1.82) is 0 Å². The molecule has 0 radical (unpaired) electrons. The molecule has 0 aromatic carbocycles.